The molecule has 2 rings (SSSR count). The lowest BCUT2D eigenvalue weighted by Crippen LogP contribution is -1.90. The fourth-order valence-corrected chi connectivity index (χ4v) is 2.95. The number of aromatic carboxylic acids is 1. The summed E-state index contributed by atoms with van der Waals surface area (Å²) in [5.41, 5.74) is 3.65. The van der Waals surface area contributed by atoms with Gasteiger partial charge in [-0.2, -0.15) is 0 Å². The van der Waals surface area contributed by atoms with E-state index in [0.717, 1.165) is 11.3 Å². The molecular weight excluding hydrogens is 232 g/mol. The highest BCUT2D eigenvalue weighted by Crippen LogP contribution is 2.33. The maximum atomic E-state index is 10.9. The predicted molar refractivity (Wildman–Crippen MR) is 70.8 cm³/mol. The van der Waals surface area contributed by atoms with Crippen LogP contribution in [-0.4, -0.2) is 11.1 Å². The lowest BCUT2D eigenvalue weighted by Gasteiger charge is -2.09. The molecule has 0 unspecified atom stereocenters. The van der Waals surface area contributed by atoms with Crippen LogP contribution in [-0.2, 0) is 6.42 Å². The van der Waals surface area contributed by atoms with E-state index in [0.29, 0.717) is 4.88 Å². The van der Waals surface area contributed by atoms with Gasteiger partial charge in [0.25, 0.3) is 0 Å². The van der Waals surface area contributed by atoms with E-state index < -0.39 is 5.97 Å². The molecule has 0 amide bonds. The lowest BCUT2D eigenvalue weighted by molar-refractivity contribution is 0.0702. The summed E-state index contributed by atoms with van der Waals surface area (Å²) in [7, 11) is 0. The van der Waals surface area contributed by atoms with E-state index in [2.05, 4.69) is 26.0 Å². The number of hydrogen-bond acceptors (Lipinski definition) is 2. The molecule has 0 radical (unpaired) electrons. The zero-order valence-corrected chi connectivity index (χ0v) is 10.7. The quantitative estimate of drug-likeness (QED) is 0.889. The van der Waals surface area contributed by atoms with Crippen molar-refractivity contribution in [2.75, 3.05) is 0 Å². The van der Waals surface area contributed by atoms with Gasteiger partial charge in [0.05, 0.1) is 0 Å². The lowest BCUT2D eigenvalue weighted by atomic mass is 9.99. The number of benzene rings is 1. The third-order valence-electron chi connectivity index (χ3n) is 2.80. The van der Waals surface area contributed by atoms with Crippen LogP contribution in [0.15, 0.2) is 30.3 Å². The minimum Gasteiger partial charge on any atom is -0.477 e. The monoisotopic (exact) mass is 246 g/mol. The molecule has 3 heteroatoms. The second kappa shape index (κ2) is 4.72. The topological polar surface area (TPSA) is 37.3 Å². The Balaban J connectivity index is 2.55. The van der Waals surface area contributed by atoms with Crippen LogP contribution in [0.3, 0.4) is 0 Å². The molecule has 1 N–H and O–H groups in total. The Kier molecular flexibility index (Phi) is 3.29. The van der Waals surface area contributed by atoms with E-state index in [1.54, 1.807) is 6.07 Å². The van der Waals surface area contributed by atoms with Crippen molar-refractivity contribution in [3.05, 3.63) is 46.3 Å². The summed E-state index contributed by atoms with van der Waals surface area (Å²) < 4.78 is 0. The number of carboxylic acid groups (broad SMARTS) is 1. The highest BCUT2D eigenvalue weighted by Gasteiger charge is 2.12. The molecule has 0 saturated heterocycles. The Morgan fingerprint density at radius 3 is 2.65 bits per heavy atom. The van der Waals surface area contributed by atoms with Crippen molar-refractivity contribution < 1.29 is 9.90 Å². The number of hydrogen-bond donors (Lipinski definition) is 1. The Hall–Kier alpha value is -1.61. The van der Waals surface area contributed by atoms with Crippen LogP contribution in [0.5, 0.6) is 0 Å². The summed E-state index contributed by atoms with van der Waals surface area (Å²) in [6.07, 6.45) is 0.956. The summed E-state index contributed by atoms with van der Waals surface area (Å²) >= 11 is 1.34. The number of carbonyl (C=O) groups is 1. The summed E-state index contributed by atoms with van der Waals surface area (Å²) in [5.74, 6) is -0.854. The first-order valence-electron chi connectivity index (χ1n) is 5.55. The first kappa shape index (κ1) is 11.9. The van der Waals surface area contributed by atoms with Gasteiger partial charge in [0.15, 0.2) is 0 Å². The second-order valence-electron chi connectivity index (χ2n) is 3.93. The Labute approximate surface area is 105 Å². The molecule has 0 spiro atoms. The normalized spacial score (nSPS) is 10.5. The Bertz CT molecular complexity index is 555. The standard InChI is InChI=1S/C14H14O2S/c1-3-10-6-4-5-9(2)13(10)11-7-8-12(17-11)14(15)16/h4-8H,3H2,1-2H3,(H,15,16). The van der Waals surface area contributed by atoms with Crippen molar-refractivity contribution in [3.63, 3.8) is 0 Å². The van der Waals surface area contributed by atoms with Gasteiger partial charge in [-0.3, -0.25) is 0 Å². The average Bonchev–Trinajstić information content (AvgIpc) is 2.77. The van der Waals surface area contributed by atoms with Crippen LogP contribution in [0.2, 0.25) is 0 Å². The fraction of sp³-hybridized carbons (Fsp3) is 0.214. The zero-order chi connectivity index (χ0) is 12.4. The van der Waals surface area contributed by atoms with Crippen LogP contribution in [0.25, 0.3) is 10.4 Å². The predicted octanol–water partition coefficient (Wildman–Crippen LogP) is 3.98. The molecule has 1 aromatic carbocycles. The summed E-state index contributed by atoms with van der Waals surface area (Å²) in [6, 6.07) is 9.78. The van der Waals surface area contributed by atoms with Gasteiger partial charge >= 0.3 is 5.97 Å². The van der Waals surface area contributed by atoms with Gasteiger partial charge in [-0.15, -0.1) is 11.3 Å². The van der Waals surface area contributed by atoms with Crippen LogP contribution < -0.4 is 0 Å². The third kappa shape index (κ3) is 2.24. The van der Waals surface area contributed by atoms with Crippen molar-refractivity contribution in [2.24, 2.45) is 0 Å². The van der Waals surface area contributed by atoms with Crippen molar-refractivity contribution in [1.82, 2.24) is 0 Å². The van der Waals surface area contributed by atoms with Gasteiger partial charge in [0.2, 0.25) is 0 Å². The fourth-order valence-electron chi connectivity index (χ4n) is 1.96. The van der Waals surface area contributed by atoms with Gasteiger partial charge in [-0.25, -0.2) is 4.79 Å². The van der Waals surface area contributed by atoms with Gasteiger partial charge in [-0.05, 0) is 42.2 Å². The maximum absolute atomic E-state index is 10.9. The third-order valence-corrected chi connectivity index (χ3v) is 3.89. The van der Waals surface area contributed by atoms with Gasteiger partial charge in [0, 0.05) is 4.88 Å². The average molecular weight is 246 g/mol. The van der Waals surface area contributed by atoms with E-state index in [1.165, 1.54) is 28.0 Å². The molecule has 1 aromatic heterocycles. The van der Waals surface area contributed by atoms with Gasteiger partial charge in [0.1, 0.15) is 4.88 Å². The van der Waals surface area contributed by atoms with E-state index in [9.17, 15) is 4.79 Å². The molecule has 1 heterocycles. The first-order chi connectivity index (χ1) is 8.13. The zero-order valence-electron chi connectivity index (χ0n) is 9.86. The molecular formula is C14H14O2S. The second-order valence-corrected chi connectivity index (χ2v) is 5.02. The molecule has 17 heavy (non-hydrogen) atoms. The van der Waals surface area contributed by atoms with Crippen LogP contribution in [0.4, 0.5) is 0 Å². The molecule has 2 nitrogen and oxygen atoms in total. The minimum absolute atomic E-state index is 0.394. The Morgan fingerprint density at radius 1 is 1.29 bits per heavy atom. The number of thiophene rings is 1. The van der Waals surface area contributed by atoms with Crippen molar-refractivity contribution >= 4 is 17.3 Å². The largest absolute Gasteiger partial charge is 0.477 e. The molecule has 0 fully saturated rings. The summed E-state index contributed by atoms with van der Waals surface area (Å²) in [5, 5.41) is 8.95. The van der Waals surface area contributed by atoms with Gasteiger partial charge < -0.3 is 5.11 Å². The molecule has 0 saturated carbocycles. The number of aryl methyl sites for hydroxylation is 2. The summed E-state index contributed by atoms with van der Waals surface area (Å²) in [6.45, 7) is 4.18. The molecule has 2 aromatic rings. The highest BCUT2D eigenvalue weighted by atomic mass is 32.1. The summed E-state index contributed by atoms with van der Waals surface area (Å²) in [4.78, 5) is 12.3. The van der Waals surface area contributed by atoms with Crippen molar-refractivity contribution in [1.29, 1.82) is 0 Å². The van der Waals surface area contributed by atoms with Crippen LogP contribution >= 0.6 is 11.3 Å². The van der Waals surface area contributed by atoms with E-state index in [-0.39, 0.29) is 0 Å². The van der Waals surface area contributed by atoms with E-state index in [1.807, 2.05) is 12.1 Å². The molecule has 0 atom stereocenters. The smallest absolute Gasteiger partial charge is 0.345 e. The van der Waals surface area contributed by atoms with Crippen LogP contribution in [0, 0.1) is 6.92 Å². The SMILES string of the molecule is CCc1cccc(C)c1-c1ccc(C(=O)O)s1. The van der Waals surface area contributed by atoms with Crippen molar-refractivity contribution in [2.45, 2.75) is 20.3 Å². The number of carboxylic acids is 1. The van der Waals surface area contributed by atoms with E-state index >= 15 is 0 Å². The Morgan fingerprint density at radius 2 is 2.06 bits per heavy atom. The first-order valence-corrected chi connectivity index (χ1v) is 6.37. The molecule has 0 aliphatic rings. The van der Waals surface area contributed by atoms with Crippen molar-refractivity contribution in [3.8, 4) is 10.4 Å². The van der Waals surface area contributed by atoms with Gasteiger partial charge in [-0.1, -0.05) is 25.1 Å². The molecule has 0 aliphatic carbocycles. The molecule has 88 valence electrons. The highest BCUT2D eigenvalue weighted by molar-refractivity contribution is 7.17. The molecule has 0 bridgehead atoms. The maximum Gasteiger partial charge on any atom is 0.345 e. The number of rotatable bonds is 3. The van der Waals surface area contributed by atoms with E-state index in [4.69, 9.17) is 5.11 Å². The molecule has 0 aliphatic heterocycles. The minimum atomic E-state index is -0.854. The van der Waals surface area contributed by atoms with Crippen LogP contribution in [0.1, 0.15) is 27.7 Å².